The zero-order valence-corrected chi connectivity index (χ0v) is 19.9. The van der Waals surface area contributed by atoms with Crippen molar-refractivity contribution in [3.63, 3.8) is 0 Å². The highest BCUT2D eigenvalue weighted by Gasteiger charge is 2.26. The maximum absolute atomic E-state index is 12.7. The standard InChI is InChI=1S/C25H23BrN4O4/c26-21-6-2-1-5-20(21)25(34)29-15-13-28(14-16-29)24(33)17-22(31)27-18-8-10-19(11-9-18)30-12-4-3-7-23(30)32/h1-12H,13-17H2,(H,27,31). The number of nitrogens with zero attached hydrogens (tertiary/aromatic N) is 3. The fourth-order valence-corrected chi connectivity index (χ4v) is 4.22. The van der Waals surface area contributed by atoms with E-state index < -0.39 is 5.91 Å². The first-order valence-electron chi connectivity index (χ1n) is 10.8. The summed E-state index contributed by atoms with van der Waals surface area (Å²) in [7, 11) is 0. The van der Waals surface area contributed by atoms with Gasteiger partial charge in [-0.05, 0) is 58.4 Å². The molecule has 174 valence electrons. The SMILES string of the molecule is O=C(CC(=O)N1CCN(C(=O)c2ccccc2Br)CC1)Nc1ccc(-n2ccccc2=O)cc1. The van der Waals surface area contributed by atoms with E-state index in [1.54, 1.807) is 58.5 Å². The van der Waals surface area contributed by atoms with Gasteiger partial charge in [-0.15, -0.1) is 0 Å². The molecule has 34 heavy (non-hydrogen) atoms. The summed E-state index contributed by atoms with van der Waals surface area (Å²) in [5.74, 6) is -0.780. The first kappa shape index (κ1) is 23.4. The number of anilines is 1. The number of rotatable bonds is 5. The van der Waals surface area contributed by atoms with E-state index in [9.17, 15) is 19.2 Å². The molecular formula is C25H23BrN4O4. The summed E-state index contributed by atoms with van der Waals surface area (Å²) in [6.07, 6.45) is 1.39. The summed E-state index contributed by atoms with van der Waals surface area (Å²) >= 11 is 3.40. The van der Waals surface area contributed by atoms with Crippen molar-refractivity contribution in [1.82, 2.24) is 14.4 Å². The Bertz CT molecular complexity index is 1260. The van der Waals surface area contributed by atoms with Gasteiger partial charge < -0.3 is 15.1 Å². The Labute approximate surface area is 204 Å². The second-order valence-corrected chi connectivity index (χ2v) is 8.69. The van der Waals surface area contributed by atoms with Crippen LogP contribution in [0, 0.1) is 0 Å². The molecule has 1 aromatic heterocycles. The van der Waals surface area contributed by atoms with Crippen LogP contribution >= 0.6 is 15.9 Å². The van der Waals surface area contributed by atoms with Crippen LogP contribution in [0.15, 0.2) is 82.2 Å². The summed E-state index contributed by atoms with van der Waals surface area (Å²) in [5.41, 5.74) is 1.65. The van der Waals surface area contributed by atoms with E-state index in [0.717, 1.165) is 4.47 Å². The van der Waals surface area contributed by atoms with Crippen LogP contribution in [0.2, 0.25) is 0 Å². The lowest BCUT2D eigenvalue weighted by Gasteiger charge is -2.35. The van der Waals surface area contributed by atoms with E-state index in [2.05, 4.69) is 21.2 Å². The minimum atomic E-state index is -0.415. The van der Waals surface area contributed by atoms with Gasteiger partial charge in [0.05, 0.1) is 5.56 Å². The van der Waals surface area contributed by atoms with Gasteiger partial charge in [-0.1, -0.05) is 18.2 Å². The smallest absolute Gasteiger partial charge is 0.255 e. The van der Waals surface area contributed by atoms with Crippen LogP contribution in [0.5, 0.6) is 0 Å². The monoisotopic (exact) mass is 522 g/mol. The highest BCUT2D eigenvalue weighted by Crippen LogP contribution is 2.19. The van der Waals surface area contributed by atoms with Crippen molar-refractivity contribution in [2.75, 3.05) is 31.5 Å². The number of nitrogens with one attached hydrogen (secondary N) is 1. The summed E-state index contributed by atoms with van der Waals surface area (Å²) in [4.78, 5) is 52.9. The summed E-state index contributed by atoms with van der Waals surface area (Å²) in [6.45, 7) is 1.58. The molecule has 1 aliphatic rings. The number of aromatic nitrogens is 1. The Morgan fingerprint density at radius 3 is 2.15 bits per heavy atom. The molecule has 0 spiro atoms. The molecule has 1 aliphatic heterocycles. The molecule has 1 fully saturated rings. The van der Waals surface area contributed by atoms with Gasteiger partial charge in [-0.2, -0.15) is 0 Å². The van der Waals surface area contributed by atoms with Gasteiger partial charge in [0, 0.05) is 54.3 Å². The second-order valence-electron chi connectivity index (χ2n) is 7.83. The van der Waals surface area contributed by atoms with Gasteiger partial charge in [0.15, 0.2) is 0 Å². The minimum absolute atomic E-state index is 0.0847. The number of hydrogen-bond donors (Lipinski definition) is 1. The van der Waals surface area contributed by atoms with Crippen molar-refractivity contribution in [1.29, 1.82) is 0 Å². The van der Waals surface area contributed by atoms with E-state index in [-0.39, 0.29) is 23.8 Å². The van der Waals surface area contributed by atoms with Crippen LogP contribution in [0.1, 0.15) is 16.8 Å². The quantitative estimate of drug-likeness (QED) is 0.521. The van der Waals surface area contributed by atoms with Gasteiger partial charge in [-0.3, -0.25) is 23.7 Å². The molecule has 0 unspecified atom stereocenters. The number of piperazine rings is 1. The third-order valence-electron chi connectivity index (χ3n) is 5.59. The molecule has 4 rings (SSSR count). The van der Waals surface area contributed by atoms with Crippen molar-refractivity contribution in [2.45, 2.75) is 6.42 Å². The van der Waals surface area contributed by atoms with Crippen LogP contribution in [0.25, 0.3) is 5.69 Å². The molecule has 0 aliphatic carbocycles. The Hall–Kier alpha value is -3.72. The van der Waals surface area contributed by atoms with Gasteiger partial charge in [0.25, 0.3) is 11.5 Å². The summed E-state index contributed by atoms with van der Waals surface area (Å²) < 4.78 is 2.23. The summed E-state index contributed by atoms with van der Waals surface area (Å²) in [6, 6.07) is 19.0. The summed E-state index contributed by atoms with van der Waals surface area (Å²) in [5, 5.41) is 2.72. The molecule has 2 aromatic carbocycles. The van der Waals surface area contributed by atoms with Gasteiger partial charge in [0.1, 0.15) is 6.42 Å². The van der Waals surface area contributed by atoms with Crippen LogP contribution in [0.3, 0.4) is 0 Å². The van der Waals surface area contributed by atoms with Crippen molar-refractivity contribution >= 4 is 39.3 Å². The second kappa shape index (κ2) is 10.5. The van der Waals surface area contributed by atoms with Gasteiger partial charge >= 0.3 is 0 Å². The zero-order valence-electron chi connectivity index (χ0n) is 18.3. The van der Waals surface area contributed by atoms with Crippen LogP contribution in [0.4, 0.5) is 5.69 Å². The number of carbonyl (C=O) groups excluding carboxylic acids is 3. The lowest BCUT2D eigenvalue weighted by Crippen LogP contribution is -2.51. The number of halogens is 1. The average Bonchev–Trinajstić information content (AvgIpc) is 2.85. The van der Waals surface area contributed by atoms with E-state index in [1.165, 1.54) is 10.6 Å². The number of amides is 3. The fourth-order valence-electron chi connectivity index (χ4n) is 3.76. The van der Waals surface area contributed by atoms with Crippen molar-refractivity contribution < 1.29 is 14.4 Å². The Balaban J connectivity index is 1.28. The van der Waals surface area contributed by atoms with Crippen LogP contribution < -0.4 is 10.9 Å². The van der Waals surface area contributed by atoms with E-state index in [1.807, 2.05) is 18.2 Å². The molecule has 8 nitrogen and oxygen atoms in total. The fraction of sp³-hybridized carbons (Fsp3) is 0.200. The zero-order chi connectivity index (χ0) is 24.1. The topological polar surface area (TPSA) is 91.7 Å². The van der Waals surface area contributed by atoms with Gasteiger partial charge in [-0.25, -0.2) is 0 Å². The third-order valence-corrected chi connectivity index (χ3v) is 6.28. The molecule has 0 atom stereocenters. The molecule has 0 saturated carbocycles. The predicted octanol–water partition coefficient (Wildman–Crippen LogP) is 2.91. The number of pyridine rings is 1. The highest BCUT2D eigenvalue weighted by atomic mass is 79.9. The molecule has 0 bridgehead atoms. The number of hydrogen-bond acceptors (Lipinski definition) is 4. The maximum Gasteiger partial charge on any atom is 0.255 e. The van der Waals surface area contributed by atoms with Gasteiger partial charge in [0.2, 0.25) is 11.8 Å². The Morgan fingerprint density at radius 1 is 0.824 bits per heavy atom. The molecule has 9 heteroatoms. The van der Waals surface area contributed by atoms with Crippen molar-refractivity contribution in [3.8, 4) is 5.69 Å². The molecule has 3 aromatic rings. The van der Waals surface area contributed by atoms with Crippen molar-refractivity contribution in [2.24, 2.45) is 0 Å². The van der Waals surface area contributed by atoms with E-state index in [4.69, 9.17) is 0 Å². The predicted molar refractivity (Wildman–Crippen MR) is 132 cm³/mol. The molecule has 1 N–H and O–H groups in total. The normalized spacial score (nSPS) is 13.4. The first-order chi connectivity index (χ1) is 16.4. The van der Waals surface area contributed by atoms with Crippen LogP contribution in [-0.2, 0) is 9.59 Å². The lowest BCUT2D eigenvalue weighted by molar-refractivity contribution is -0.135. The van der Waals surface area contributed by atoms with Crippen molar-refractivity contribution in [3.05, 3.63) is 93.3 Å². The molecule has 1 saturated heterocycles. The Morgan fingerprint density at radius 2 is 1.47 bits per heavy atom. The molecule has 2 heterocycles. The Kier molecular flexibility index (Phi) is 7.22. The number of benzene rings is 2. The number of carbonyl (C=O) groups is 3. The van der Waals surface area contributed by atoms with Crippen LogP contribution in [-0.4, -0.2) is 58.3 Å². The molecule has 0 radical (unpaired) electrons. The van der Waals surface area contributed by atoms with E-state index >= 15 is 0 Å². The molecular weight excluding hydrogens is 500 g/mol. The average molecular weight is 523 g/mol. The lowest BCUT2D eigenvalue weighted by atomic mass is 10.1. The minimum Gasteiger partial charge on any atom is -0.339 e. The highest BCUT2D eigenvalue weighted by molar-refractivity contribution is 9.10. The first-order valence-corrected chi connectivity index (χ1v) is 11.6. The van der Waals surface area contributed by atoms with E-state index in [0.29, 0.717) is 43.1 Å². The molecule has 3 amide bonds. The largest absolute Gasteiger partial charge is 0.339 e. The third kappa shape index (κ3) is 5.43. The maximum atomic E-state index is 12.7.